The van der Waals surface area contributed by atoms with E-state index in [0.29, 0.717) is 12.1 Å². The lowest BCUT2D eigenvalue weighted by Crippen LogP contribution is -2.55. The fraction of sp³-hybridized carbons (Fsp3) is 1.00. The summed E-state index contributed by atoms with van der Waals surface area (Å²) in [7, 11) is 2.15. The molecule has 0 spiro atoms. The summed E-state index contributed by atoms with van der Waals surface area (Å²) in [4.78, 5) is 2.78. The Morgan fingerprint density at radius 1 is 1.15 bits per heavy atom. The van der Waals surface area contributed by atoms with Crippen LogP contribution in [0.5, 0.6) is 0 Å². The van der Waals surface area contributed by atoms with Crippen molar-refractivity contribution < 1.29 is 4.74 Å². The lowest BCUT2D eigenvalue weighted by Gasteiger charge is -2.47. The van der Waals surface area contributed by atoms with E-state index >= 15 is 0 Å². The van der Waals surface area contributed by atoms with Crippen LogP contribution in [0.15, 0.2) is 0 Å². The second-order valence-electron chi connectivity index (χ2n) is 7.33. The first kappa shape index (κ1) is 14.8. The SMILES string of the molecule is CNC1CCC(C)CC1CN1CCOC2CCCCC21. The lowest BCUT2D eigenvalue weighted by atomic mass is 9.78. The van der Waals surface area contributed by atoms with Gasteiger partial charge in [-0.1, -0.05) is 19.8 Å². The van der Waals surface area contributed by atoms with Crippen LogP contribution in [-0.2, 0) is 4.74 Å². The number of nitrogens with one attached hydrogen (secondary N) is 1. The van der Waals surface area contributed by atoms with E-state index in [9.17, 15) is 0 Å². The molecule has 1 heterocycles. The van der Waals surface area contributed by atoms with Gasteiger partial charge in [-0.15, -0.1) is 0 Å². The molecular weight excluding hydrogens is 248 g/mol. The summed E-state index contributed by atoms with van der Waals surface area (Å²) in [6, 6.07) is 1.45. The molecule has 20 heavy (non-hydrogen) atoms. The molecule has 5 atom stereocenters. The van der Waals surface area contributed by atoms with Gasteiger partial charge < -0.3 is 10.1 Å². The zero-order chi connectivity index (χ0) is 13.9. The van der Waals surface area contributed by atoms with E-state index < -0.39 is 0 Å². The minimum Gasteiger partial charge on any atom is -0.375 e. The van der Waals surface area contributed by atoms with Crippen LogP contribution in [0, 0.1) is 11.8 Å². The predicted molar refractivity (Wildman–Crippen MR) is 82.9 cm³/mol. The van der Waals surface area contributed by atoms with E-state index in [0.717, 1.165) is 31.0 Å². The average Bonchev–Trinajstić information content (AvgIpc) is 2.48. The molecule has 3 heteroatoms. The first-order valence-corrected chi connectivity index (χ1v) is 8.81. The van der Waals surface area contributed by atoms with Crippen molar-refractivity contribution in [3.63, 3.8) is 0 Å². The Labute approximate surface area is 124 Å². The van der Waals surface area contributed by atoms with Crippen molar-refractivity contribution in [3.8, 4) is 0 Å². The Morgan fingerprint density at radius 3 is 2.85 bits per heavy atom. The third-order valence-electron chi connectivity index (χ3n) is 5.93. The van der Waals surface area contributed by atoms with Crippen molar-refractivity contribution in [2.45, 2.75) is 70.1 Å². The molecule has 0 amide bonds. The number of rotatable bonds is 3. The smallest absolute Gasteiger partial charge is 0.0730 e. The highest BCUT2D eigenvalue weighted by Gasteiger charge is 2.37. The number of fused-ring (bicyclic) bond motifs is 1. The molecule has 1 N–H and O–H groups in total. The summed E-state index contributed by atoms with van der Waals surface area (Å²) in [5.41, 5.74) is 0. The van der Waals surface area contributed by atoms with Gasteiger partial charge in [-0.05, 0) is 51.0 Å². The highest BCUT2D eigenvalue weighted by molar-refractivity contribution is 4.91. The fourth-order valence-corrected chi connectivity index (χ4v) is 4.78. The van der Waals surface area contributed by atoms with Gasteiger partial charge in [-0.25, -0.2) is 0 Å². The van der Waals surface area contributed by atoms with E-state index in [4.69, 9.17) is 4.74 Å². The Kier molecular flexibility index (Phi) is 5.00. The van der Waals surface area contributed by atoms with Crippen LogP contribution in [0.1, 0.15) is 51.9 Å². The Hall–Kier alpha value is -0.120. The van der Waals surface area contributed by atoms with E-state index in [-0.39, 0.29) is 0 Å². The molecule has 0 bridgehead atoms. The van der Waals surface area contributed by atoms with E-state index in [1.165, 1.54) is 51.5 Å². The van der Waals surface area contributed by atoms with Crippen LogP contribution in [0.2, 0.25) is 0 Å². The van der Waals surface area contributed by atoms with Crippen LogP contribution < -0.4 is 5.32 Å². The average molecular weight is 280 g/mol. The van der Waals surface area contributed by atoms with Crippen LogP contribution >= 0.6 is 0 Å². The van der Waals surface area contributed by atoms with Gasteiger partial charge in [0.2, 0.25) is 0 Å². The van der Waals surface area contributed by atoms with Gasteiger partial charge in [-0.3, -0.25) is 4.90 Å². The summed E-state index contributed by atoms with van der Waals surface area (Å²) in [6.07, 6.45) is 10.1. The van der Waals surface area contributed by atoms with Gasteiger partial charge >= 0.3 is 0 Å². The minimum absolute atomic E-state index is 0.534. The molecule has 3 rings (SSSR count). The lowest BCUT2D eigenvalue weighted by molar-refractivity contribution is -0.0948. The van der Waals surface area contributed by atoms with Crippen LogP contribution in [-0.4, -0.2) is 49.8 Å². The van der Waals surface area contributed by atoms with Gasteiger partial charge in [0.25, 0.3) is 0 Å². The second kappa shape index (κ2) is 6.76. The van der Waals surface area contributed by atoms with Gasteiger partial charge in [0.1, 0.15) is 0 Å². The summed E-state index contributed by atoms with van der Waals surface area (Å²) in [5, 5.41) is 3.58. The first-order chi connectivity index (χ1) is 9.78. The molecule has 0 aromatic rings. The fourth-order valence-electron chi connectivity index (χ4n) is 4.78. The Balaban J connectivity index is 1.62. The standard InChI is InChI=1S/C17H32N2O/c1-13-7-8-15(18-2)14(11-13)12-19-9-10-20-17-6-4-3-5-16(17)19/h13-18H,3-12H2,1-2H3. The predicted octanol–water partition coefficient (Wildman–Crippen LogP) is 2.65. The minimum atomic E-state index is 0.534. The molecular formula is C17H32N2O. The highest BCUT2D eigenvalue weighted by atomic mass is 16.5. The molecule has 2 saturated carbocycles. The van der Waals surface area contributed by atoms with E-state index in [1.54, 1.807) is 0 Å². The third kappa shape index (κ3) is 3.20. The topological polar surface area (TPSA) is 24.5 Å². The van der Waals surface area contributed by atoms with Crippen molar-refractivity contribution in [1.29, 1.82) is 0 Å². The zero-order valence-electron chi connectivity index (χ0n) is 13.3. The number of morpholine rings is 1. The third-order valence-corrected chi connectivity index (χ3v) is 5.93. The maximum absolute atomic E-state index is 6.02. The molecule has 3 nitrogen and oxygen atoms in total. The highest BCUT2D eigenvalue weighted by Crippen LogP contribution is 2.33. The van der Waals surface area contributed by atoms with Crippen LogP contribution in [0.4, 0.5) is 0 Å². The molecule has 0 radical (unpaired) electrons. The van der Waals surface area contributed by atoms with Gasteiger partial charge in [0, 0.05) is 25.2 Å². The van der Waals surface area contributed by atoms with Gasteiger partial charge in [0.15, 0.2) is 0 Å². The van der Waals surface area contributed by atoms with Crippen molar-refractivity contribution in [3.05, 3.63) is 0 Å². The monoisotopic (exact) mass is 280 g/mol. The van der Waals surface area contributed by atoms with Crippen molar-refractivity contribution in [1.82, 2.24) is 10.2 Å². The maximum Gasteiger partial charge on any atom is 0.0730 e. The molecule has 3 fully saturated rings. The molecule has 116 valence electrons. The second-order valence-corrected chi connectivity index (χ2v) is 7.33. The number of nitrogens with zero attached hydrogens (tertiary/aromatic N) is 1. The molecule has 2 aliphatic carbocycles. The first-order valence-electron chi connectivity index (χ1n) is 8.81. The summed E-state index contributed by atoms with van der Waals surface area (Å²) < 4.78 is 6.02. The Morgan fingerprint density at radius 2 is 2.00 bits per heavy atom. The normalized spacial score (nSPS) is 43.2. The van der Waals surface area contributed by atoms with Crippen molar-refractivity contribution in [2.24, 2.45) is 11.8 Å². The molecule has 0 aromatic heterocycles. The number of ether oxygens (including phenoxy) is 1. The van der Waals surface area contributed by atoms with Crippen LogP contribution in [0.25, 0.3) is 0 Å². The van der Waals surface area contributed by atoms with Gasteiger partial charge in [0.05, 0.1) is 12.7 Å². The molecule has 3 aliphatic rings. The van der Waals surface area contributed by atoms with Gasteiger partial charge in [-0.2, -0.15) is 0 Å². The zero-order valence-corrected chi connectivity index (χ0v) is 13.3. The molecule has 0 aromatic carbocycles. The maximum atomic E-state index is 6.02. The molecule has 5 unspecified atom stereocenters. The molecule has 1 saturated heterocycles. The summed E-state index contributed by atoms with van der Waals surface area (Å²) >= 11 is 0. The summed E-state index contributed by atoms with van der Waals surface area (Å²) in [5.74, 6) is 1.75. The number of hydrogen-bond acceptors (Lipinski definition) is 3. The quantitative estimate of drug-likeness (QED) is 0.860. The Bertz CT molecular complexity index is 307. The van der Waals surface area contributed by atoms with Crippen LogP contribution in [0.3, 0.4) is 0 Å². The van der Waals surface area contributed by atoms with E-state index in [1.807, 2.05) is 0 Å². The molecule has 1 aliphatic heterocycles. The largest absolute Gasteiger partial charge is 0.375 e. The summed E-state index contributed by atoms with van der Waals surface area (Å²) in [6.45, 7) is 5.83. The number of hydrogen-bond donors (Lipinski definition) is 1. The van der Waals surface area contributed by atoms with E-state index in [2.05, 4.69) is 24.2 Å². The van der Waals surface area contributed by atoms with Crippen molar-refractivity contribution in [2.75, 3.05) is 26.7 Å². The van der Waals surface area contributed by atoms with Crippen molar-refractivity contribution >= 4 is 0 Å².